The molecule has 0 spiro atoms. The number of carbonyl (C=O) groups is 2. The Morgan fingerprint density at radius 1 is 1.00 bits per heavy atom. The Labute approximate surface area is 126 Å². The monoisotopic (exact) mass is 300 g/mol. The molecule has 1 atom stereocenters. The van der Waals surface area contributed by atoms with E-state index in [0.717, 1.165) is 12.2 Å². The van der Waals surface area contributed by atoms with Crippen LogP contribution >= 0.6 is 0 Å². The number of esters is 2. The minimum atomic E-state index is -1.46. The first kappa shape index (κ1) is 19.4. The lowest BCUT2D eigenvalue weighted by molar-refractivity contribution is -0.139. The molecule has 0 heterocycles. The minimum absolute atomic E-state index is 0.0133. The molecule has 1 unspecified atom stereocenters. The Kier molecular flexibility index (Phi) is 7.92. The van der Waals surface area contributed by atoms with Crippen molar-refractivity contribution in [3.63, 3.8) is 0 Å². The summed E-state index contributed by atoms with van der Waals surface area (Å²) in [5.41, 5.74) is -1.80. The first-order valence-electron chi connectivity index (χ1n) is 6.89. The third kappa shape index (κ3) is 9.82. The molecule has 21 heavy (non-hydrogen) atoms. The molecule has 0 aromatic carbocycles. The normalized spacial score (nSPS) is 13.9. The van der Waals surface area contributed by atoms with E-state index in [9.17, 15) is 14.0 Å². The zero-order valence-corrected chi connectivity index (χ0v) is 13.1. The lowest BCUT2D eigenvalue weighted by atomic mass is 9.78. The van der Waals surface area contributed by atoms with Crippen molar-refractivity contribution in [2.45, 2.75) is 45.7 Å². The molecule has 0 N–H and O–H groups in total. The average Bonchev–Trinajstić information content (AvgIpc) is 2.36. The van der Waals surface area contributed by atoms with Crippen molar-refractivity contribution in [3.8, 4) is 0 Å². The van der Waals surface area contributed by atoms with Crippen molar-refractivity contribution in [1.82, 2.24) is 0 Å². The summed E-state index contributed by atoms with van der Waals surface area (Å²) < 4.78 is 24.2. The summed E-state index contributed by atoms with van der Waals surface area (Å²) in [5.74, 6) is -1.04. The van der Waals surface area contributed by atoms with Gasteiger partial charge in [0.2, 0.25) is 0 Å². The van der Waals surface area contributed by atoms with Crippen molar-refractivity contribution in [2.75, 3.05) is 13.2 Å². The predicted octanol–water partition coefficient (Wildman–Crippen LogP) is 3.37. The molecule has 0 aromatic rings. The Balaban J connectivity index is 4.20. The highest BCUT2D eigenvalue weighted by Crippen LogP contribution is 2.35. The lowest BCUT2D eigenvalue weighted by Gasteiger charge is -2.31. The molecule has 0 amide bonds. The second-order valence-electron chi connectivity index (χ2n) is 6.00. The van der Waals surface area contributed by atoms with E-state index in [1.165, 1.54) is 6.92 Å². The molecule has 5 heteroatoms. The molecule has 0 rings (SSSR count). The second kappa shape index (κ2) is 8.60. The van der Waals surface area contributed by atoms with Crippen LogP contribution in [0.1, 0.15) is 40.0 Å². The maximum atomic E-state index is 14.5. The summed E-state index contributed by atoms with van der Waals surface area (Å²) in [6, 6.07) is 0. The van der Waals surface area contributed by atoms with Gasteiger partial charge in [-0.05, 0) is 25.2 Å². The van der Waals surface area contributed by atoms with Gasteiger partial charge in [0.05, 0.1) is 13.2 Å². The quantitative estimate of drug-likeness (QED) is 0.458. The number of hydrogen-bond acceptors (Lipinski definition) is 4. The molecule has 0 saturated heterocycles. The fourth-order valence-corrected chi connectivity index (χ4v) is 2.08. The van der Waals surface area contributed by atoms with E-state index >= 15 is 0 Å². The van der Waals surface area contributed by atoms with Crippen LogP contribution in [0.25, 0.3) is 0 Å². The van der Waals surface area contributed by atoms with Crippen LogP contribution in [0.4, 0.5) is 4.39 Å². The molecule has 0 fully saturated rings. The Morgan fingerprint density at radius 2 is 1.43 bits per heavy atom. The Morgan fingerprint density at radius 3 is 1.86 bits per heavy atom. The highest BCUT2D eigenvalue weighted by atomic mass is 19.1. The Hall–Kier alpha value is -1.65. The second-order valence-corrected chi connectivity index (χ2v) is 6.00. The zero-order valence-electron chi connectivity index (χ0n) is 13.1. The van der Waals surface area contributed by atoms with Gasteiger partial charge in [-0.1, -0.05) is 27.0 Å². The molecular weight excluding hydrogens is 275 g/mol. The molecule has 0 bridgehead atoms. The highest BCUT2D eigenvalue weighted by molar-refractivity contribution is 5.81. The van der Waals surface area contributed by atoms with Gasteiger partial charge in [-0.25, -0.2) is 14.0 Å². The van der Waals surface area contributed by atoms with Crippen molar-refractivity contribution < 1.29 is 23.5 Å². The van der Waals surface area contributed by atoms with Gasteiger partial charge >= 0.3 is 11.9 Å². The van der Waals surface area contributed by atoms with Crippen LogP contribution in [0.5, 0.6) is 0 Å². The molecule has 0 aliphatic rings. The van der Waals surface area contributed by atoms with Gasteiger partial charge in [-0.2, -0.15) is 0 Å². The molecule has 0 aliphatic carbocycles. The van der Waals surface area contributed by atoms with E-state index in [-0.39, 0.29) is 31.5 Å². The maximum absolute atomic E-state index is 14.5. The van der Waals surface area contributed by atoms with Crippen molar-refractivity contribution >= 4 is 11.9 Å². The number of alkyl halides is 1. The summed E-state index contributed by atoms with van der Waals surface area (Å²) >= 11 is 0. The van der Waals surface area contributed by atoms with E-state index in [2.05, 4.69) is 13.2 Å². The molecule has 0 radical (unpaired) electrons. The summed E-state index contributed by atoms with van der Waals surface area (Å²) in [6.45, 7) is 12.1. The van der Waals surface area contributed by atoms with E-state index in [4.69, 9.17) is 9.47 Å². The van der Waals surface area contributed by atoms with Gasteiger partial charge in [0.15, 0.2) is 0 Å². The SMILES string of the molecule is C=CC(=O)OCCC(C)(C)CC(C)(F)CCOC(=O)C=C. The average molecular weight is 300 g/mol. The smallest absolute Gasteiger partial charge is 0.330 e. The van der Waals surface area contributed by atoms with Crippen molar-refractivity contribution in [2.24, 2.45) is 5.41 Å². The minimum Gasteiger partial charge on any atom is -0.463 e. The molecule has 0 aromatic heterocycles. The van der Waals surface area contributed by atoms with Gasteiger partial charge in [0.25, 0.3) is 0 Å². The van der Waals surface area contributed by atoms with Crippen LogP contribution < -0.4 is 0 Å². The van der Waals surface area contributed by atoms with Crippen LogP contribution in [0, 0.1) is 5.41 Å². The molecule has 0 aliphatic heterocycles. The first-order valence-corrected chi connectivity index (χ1v) is 6.89. The van der Waals surface area contributed by atoms with E-state index in [1.807, 2.05) is 13.8 Å². The summed E-state index contributed by atoms with van der Waals surface area (Å²) in [7, 11) is 0. The molecule has 4 nitrogen and oxygen atoms in total. The van der Waals surface area contributed by atoms with E-state index in [0.29, 0.717) is 6.42 Å². The van der Waals surface area contributed by atoms with Gasteiger partial charge < -0.3 is 9.47 Å². The first-order chi connectivity index (χ1) is 9.62. The Bertz CT molecular complexity index is 350. The fraction of sp³-hybridized carbons (Fsp3) is 0.625. The van der Waals surface area contributed by atoms with Gasteiger partial charge in [0, 0.05) is 18.6 Å². The summed E-state index contributed by atoms with van der Waals surface area (Å²) in [5, 5.41) is 0. The zero-order chi connectivity index (χ0) is 16.5. The van der Waals surface area contributed by atoms with Crippen molar-refractivity contribution in [3.05, 3.63) is 25.3 Å². The largest absolute Gasteiger partial charge is 0.463 e. The van der Waals surface area contributed by atoms with Crippen LogP contribution in [0.15, 0.2) is 25.3 Å². The summed E-state index contributed by atoms with van der Waals surface area (Å²) in [6.07, 6.45) is 3.08. The standard InChI is InChI=1S/C16H25FO4/c1-6-13(18)20-10-8-15(3,4)12-16(5,17)9-11-21-14(19)7-2/h6-7H,1-2,8-12H2,3-5H3. The van der Waals surface area contributed by atoms with Crippen LogP contribution in [0.3, 0.4) is 0 Å². The molecule has 0 saturated carbocycles. The van der Waals surface area contributed by atoms with Crippen LogP contribution in [-0.2, 0) is 19.1 Å². The molecule has 120 valence electrons. The van der Waals surface area contributed by atoms with Crippen molar-refractivity contribution in [1.29, 1.82) is 0 Å². The van der Waals surface area contributed by atoms with E-state index in [1.54, 1.807) is 0 Å². The van der Waals surface area contributed by atoms with Crippen LogP contribution in [0.2, 0.25) is 0 Å². The third-order valence-corrected chi connectivity index (χ3v) is 3.07. The number of halogens is 1. The molecular formula is C16H25FO4. The lowest BCUT2D eigenvalue weighted by Crippen LogP contribution is -2.30. The number of carbonyl (C=O) groups excluding carboxylic acids is 2. The topological polar surface area (TPSA) is 52.6 Å². The van der Waals surface area contributed by atoms with E-state index < -0.39 is 17.6 Å². The number of hydrogen-bond donors (Lipinski definition) is 0. The summed E-state index contributed by atoms with van der Waals surface area (Å²) in [4.78, 5) is 21.8. The predicted molar refractivity (Wildman–Crippen MR) is 79.5 cm³/mol. The highest BCUT2D eigenvalue weighted by Gasteiger charge is 2.32. The fourth-order valence-electron chi connectivity index (χ4n) is 2.08. The number of rotatable bonds is 10. The third-order valence-electron chi connectivity index (χ3n) is 3.07. The van der Waals surface area contributed by atoms with Gasteiger partial charge in [-0.3, -0.25) is 0 Å². The van der Waals surface area contributed by atoms with Gasteiger partial charge in [-0.15, -0.1) is 0 Å². The number of ether oxygens (including phenoxy) is 2. The van der Waals surface area contributed by atoms with Crippen LogP contribution in [-0.4, -0.2) is 30.8 Å². The van der Waals surface area contributed by atoms with Gasteiger partial charge in [0.1, 0.15) is 5.67 Å². The maximum Gasteiger partial charge on any atom is 0.330 e.